The predicted molar refractivity (Wildman–Crippen MR) is 141 cm³/mol. The Kier molecular flexibility index (Phi) is 9.09. The van der Waals surface area contributed by atoms with E-state index in [0.717, 1.165) is 11.4 Å². The summed E-state index contributed by atoms with van der Waals surface area (Å²) in [5, 5.41) is 23.1. The van der Waals surface area contributed by atoms with Crippen LogP contribution in [0, 0.1) is 5.82 Å². The highest BCUT2D eigenvalue weighted by Gasteiger charge is 2.41. The Balaban J connectivity index is 1.41. The molecule has 2 heterocycles. The minimum atomic E-state index is -1.42. The minimum absolute atomic E-state index is 0.0463. The zero-order valence-electron chi connectivity index (χ0n) is 22.1. The molecule has 9 nitrogen and oxygen atoms in total. The maximum atomic E-state index is 13.6. The summed E-state index contributed by atoms with van der Waals surface area (Å²) in [6, 6.07) is 13.6. The van der Waals surface area contributed by atoms with Gasteiger partial charge in [0.25, 0.3) is 0 Å². The summed E-state index contributed by atoms with van der Waals surface area (Å²) in [7, 11) is 3.09. The number of anilines is 1. The number of carbonyl (C=O) groups excluding carboxylic acids is 1. The molecule has 38 heavy (non-hydrogen) atoms. The first kappa shape index (κ1) is 28.1. The maximum absolute atomic E-state index is 13.6. The summed E-state index contributed by atoms with van der Waals surface area (Å²) in [5.41, 5.74) is -1.27. The molecule has 2 N–H and O–H groups in total. The van der Waals surface area contributed by atoms with Gasteiger partial charge in [0.15, 0.2) is 0 Å². The van der Waals surface area contributed by atoms with Crippen molar-refractivity contribution in [2.24, 2.45) is 0 Å². The number of amides is 1. The van der Waals surface area contributed by atoms with Crippen molar-refractivity contribution in [2.45, 2.75) is 24.0 Å². The normalized spacial score (nSPS) is 22.1. The number of aliphatic hydroxyl groups is 2. The van der Waals surface area contributed by atoms with Gasteiger partial charge in [0, 0.05) is 58.1 Å². The Morgan fingerprint density at radius 3 is 2.34 bits per heavy atom. The smallest absolute Gasteiger partial charge is 0.248 e. The molecule has 0 aromatic heterocycles. The van der Waals surface area contributed by atoms with E-state index in [1.54, 1.807) is 18.1 Å². The number of ether oxygens (including phenoxy) is 3. The zero-order valence-corrected chi connectivity index (χ0v) is 22.1. The number of halogens is 1. The van der Waals surface area contributed by atoms with E-state index in [2.05, 4.69) is 4.90 Å². The Morgan fingerprint density at radius 1 is 0.947 bits per heavy atom. The lowest BCUT2D eigenvalue weighted by atomic mass is 9.90. The predicted octanol–water partition coefficient (Wildman–Crippen LogP) is 1.77. The second-order valence-electron chi connectivity index (χ2n) is 10.3. The molecule has 1 atom stereocenters. The van der Waals surface area contributed by atoms with Gasteiger partial charge in [-0.25, -0.2) is 4.39 Å². The summed E-state index contributed by atoms with van der Waals surface area (Å²) < 4.78 is 29.6. The van der Waals surface area contributed by atoms with Crippen LogP contribution >= 0.6 is 0 Å². The number of hydrogen-bond donors (Lipinski definition) is 2. The Morgan fingerprint density at radius 2 is 1.68 bits per heavy atom. The first-order chi connectivity index (χ1) is 18.2. The molecular formula is C28H38FN3O6. The van der Waals surface area contributed by atoms with Crippen molar-refractivity contribution in [1.29, 1.82) is 0 Å². The summed E-state index contributed by atoms with van der Waals surface area (Å²) in [4.78, 5) is 18.4. The van der Waals surface area contributed by atoms with Crippen LogP contribution in [0.1, 0.15) is 12.8 Å². The van der Waals surface area contributed by atoms with Gasteiger partial charge in [-0.15, -0.1) is 0 Å². The lowest BCUT2D eigenvalue weighted by molar-refractivity contribution is -0.138. The zero-order chi connectivity index (χ0) is 27.2. The molecular weight excluding hydrogens is 493 g/mol. The van der Waals surface area contributed by atoms with Crippen molar-refractivity contribution in [1.82, 2.24) is 9.80 Å². The Bertz CT molecular complexity index is 1060. The lowest BCUT2D eigenvalue weighted by Crippen LogP contribution is -2.56. The summed E-state index contributed by atoms with van der Waals surface area (Å²) in [6.07, 6.45) is 1.14. The van der Waals surface area contributed by atoms with Crippen LogP contribution in [0.4, 0.5) is 10.1 Å². The van der Waals surface area contributed by atoms with E-state index in [0.29, 0.717) is 51.3 Å². The molecule has 208 valence electrons. The number of benzene rings is 2. The summed E-state index contributed by atoms with van der Waals surface area (Å²) in [5.74, 6) is 0.436. The first-order valence-electron chi connectivity index (χ1n) is 12.9. The number of piperidine rings is 1. The molecule has 0 aliphatic carbocycles. The van der Waals surface area contributed by atoms with Gasteiger partial charge in [-0.05, 0) is 49.2 Å². The van der Waals surface area contributed by atoms with Crippen LogP contribution in [-0.2, 0) is 9.53 Å². The van der Waals surface area contributed by atoms with Gasteiger partial charge in [0.1, 0.15) is 36.1 Å². The molecule has 10 heteroatoms. The van der Waals surface area contributed by atoms with E-state index in [-0.39, 0.29) is 32.2 Å². The van der Waals surface area contributed by atoms with Crippen LogP contribution in [-0.4, -0.2) is 110 Å². The molecule has 2 aliphatic heterocycles. The van der Waals surface area contributed by atoms with Crippen LogP contribution in [0.3, 0.4) is 0 Å². The van der Waals surface area contributed by atoms with Crippen LogP contribution in [0.25, 0.3) is 0 Å². The fourth-order valence-electron chi connectivity index (χ4n) is 5.22. The van der Waals surface area contributed by atoms with E-state index in [4.69, 9.17) is 14.2 Å². The van der Waals surface area contributed by atoms with E-state index in [9.17, 15) is 19.4 Å². The van der Waals surface area contributed by atoms with Gasteiger partial charge in [-0.3, -0.25) is 9.69 Å². The van der Waals surface area contributed by atoms with Gasteiger partial charge in [-0.1, -0.05) is 6.07 Å². The molecule has 0 unspecified atom stereocenters. The third-order valence-corrected chi connectivity index (χ3v) is 7.26. The number of hydrogen-bond acceptors (Lipinski definition) is 8. The van der Waals surface area contributed by atoms with Crippen molar-refractivity contribution in [3.63, 3.8) is 0 Å². The molecule has 2 aromatic rings. The number of nitrogens with zero attached hydrogens (tertiary/aromatic N) is 3. The SMILES string of the molecule is COCC(=O)N1CCN(CC2(O)CCN(c3ccc(OC)cc3)CC2)C[C@@](O)(COc2cccc(F)c2)C1. The van der Waals surface area contributed by atoms with Crippen molar-refractivity contribution in [2.75, 3.05) is 78.1 Å². The second kappa shape index (κ2) is 12.3. The van der Waals surface area contributed by atoms with E-state index in [1.807, 2.05) is 29.2 Å². The molecule has 2 fully saturated rings. The molecule has 0 radical (unpaired) electrons. The monoisotopic (exact) mass is 531 g/mol. The Hall–Kier alpha value is -2.92. The highest BCUT2D eigenvalue weighted by atomic mass is 19.1. The average Bonchev–Trinajstić information content (AvgIpc) is 3.07. The lowest BCUT2D eigenvalue weighted by Gasteiger charge is -2.42. The molecule has 2 aromatic carbocycles. The van der Waals surface area contributed by atoms with E-state index >= 15 is 0 Å². The number of carbonyl (C=O) groups is 1. The molecule has 1 amide bonds. The van der Waals surface area contributed by atoms with Crippen molar-refractivity contribution >= 4 is 11.6 Å². The second-order valence-corrected chi connectivity index (χ2v) is 10.3. The van der Waals surface area contributed by atoms with Crippen molar-refractivity contribution in [3.05, 3.63) is 54.3 Å². The van der Waals surface area contributed by atoms with Crippen LogP contribution in [0.5, 0.6) is 11.5 Å². The van der Waals surface area contributed by atoms with E-state index in [1.165, 1.54) is 25.3 Å². The molecule has 0 bridgehead atoms. The fourth-order valence-corrected chi connectivity index (χ4v) is 5.22. The molecule has 2 aliphatic rings. The fraction of sp³-hybridized carbons (Fsp3) is 0.536. The minimum Gasteiger partial charge on any atom is -0.497 e. The van der Waals surface area contributed by atoms with Gasteiger partial charge >= 0.3 is 0 Å². The highest BCUT2D eigenvalue weighted by molar-refractivity contribution is 5.77. The van der Waals surface area contributed by atoms with E-state index < -0.39 is 17.0 Å². The highest BCUT2D eigenvalue weighted by Crippen LogP contribution is 2.29. The first-order valence-corrected chi connectivity index (χ1v) is 12.9. The molecule has 2 saturated heterocycles. The number of β-amino-alcohol motifs (C(OH)–C–C–N with tert-alkyl or cyclic N) is 2. The van der Waals surface area contributed by atoms with Crippen LogP contribution < -0.4 is 14.4 Å². The summed E-state index contributed by atoms with van der Waals surface area (Å²) in [6.45, 7) is 2.65. The van der Waals surface area contributed by atoms with Crippen LogP contribution in [0.2, 0.25) is 0 Å². The van der Waals surface area contributed by atoms with Gasteiger partial charge in [-0.2, -0.15) is 0 Å². The quantitative estimate of drug-likeness (QED) is 0.506. The largest absolute Gasteiger partial charge is 0.497 e. The topological polar surface area (TPSA) is 94.9 Å². The van der Waals surface area contributed by atoms with Gasteiger partial charge < -0.3 is 34.2 Å². The maximum Gasteiger partial charge on any atom is 0.248 e. The van der Waals surface area contributed by atoms with Gasteiger partial charge in [0.05, 0.1) is 19.3 Å². The summed E-state index contributed by atoms with van der Waals surface area (Å²) >= 11 is 0. The van der Waals surface area contributed by atoms with Crippen molar-refractivity contribution < 1.29 is 33.6 Å². The standard InChI is InChI=1S/C28H38FN3O6/c1-36-17-26(33)32-15-14-30(19-28(35,20-32)21-38-25-5-3-4-22(29)16-25)18-27(34)10-12-31(13-11-27)23-6-8-24(37-2)9-7-23/h3-9,16,34-35H,10-15,17-21H2,1-2H3/t28-/m0/s1. The van der Waals surface area contributed by atoms with Crippen LogP contribution in [0.15, 0.2) is 48.5 Å². The third kappa shape index (κ3) is 7.35. The number of rotatable bonds is 9. The average molecular weight is 532 g/mol. The third-order valence-electron chi connectivity index (χ3n) is 7.26. The number of methoxy groups -OCH3 is 2. The molecule has 0 saturated carbocycles. The molecule has 4 rings (SSSR count). The molecule has 0 spiro atoms. The van der Waals surface area contributed by atoms with Crippen molar-refractivity contribution in [3.8, 4) is 11.5 Å². The van der Waals surface area contributed by atoms with Gasteiger partial charge in [0.2, 0.25) is 5.91 Å². The Labute approximate surface area is 223 Å².